The van der Waals surface area contributed by atoms with Crippen LogP contribution in [0.2, 0.25) is 0 Å². The van der Waals surface area contributed by atoms with Gasteiger partial charge in [-0.25, -0.2) is 9.79 Å². The van der Waals surface area contributed by atoms with Crippen LogP contribution in [-0.2, 0) is 9.53 Å². The van der Waals surface area contributed by atoms with Crippen LogP contribution in [0.1, 0.15) is 11.1 Å². The number of nitro benzene ring substituents is 1. The van der Waals surface area contributed by atoms with E-state index in [0.717, 1.165) is 3.57 Å². The Kier molecular flexibility index (Phi) is 6.27. The average molecular weight is 506 g/mol. The zero-order valence-electron chi connectivity index (χ0n) is 15.3. The molecule has 1 aliphatic heterocycles. The lowest BCUT2D eigenvalue weighted by Crippen LogP contribution is -2.05. The lowest BCUT2D eigenvalue weighted by Gasteiger charge is -2.12. The molecule has 0 saturated heterocycles. The fraction of sp³-hybridized carbons (Fsp3) is 0.100. The van der Waals surface area contributed by atoms with Crippen molar-refractivity contribution in [2.45, 2.75) is 0 Å². The predicted molar refractivity (Wildman–Crippen MR) is 115 cm³/mol. The largest absolute Gasteiger partial charge is 0.493 e. The Morgan fingerprint density at radius 3 is 2.66 bits per heavy atom. The van der Waals surface area contributed by atoms with E-state index >= 15 is 0 Å². The van der Waals surface area contributed by atoms with Gasteiger partial charge >= 0.3 is 5.97 Å². The Balaban J connectivity index is 1.91. The van der Waals surface area contributed by atoms with Crippen LogP contribution in [0.5, 0.6) is 11.5 Å². The number of nitro groups is 1. The monoisotopic (exact) mass is 506 g/mol. The molecular formula is C20H15IN2O6. The molecule has 1 heterocycles. The van der Waals surface area contributed by atoms with Gasteiger partial charge in [-0.1, -0.05) is 12.7 Å². The van der Waals surface area contributed by atoms with Crippen molar-refractivity contribution in [2.75, 3.05) is 13.7 Å². The molecule has 3 rings (SSSR count). The van der Waals surface area contributed by atoms with E-state index < -0.39 is 10.9 Å². The first-order chi connectivity index (χ1) is 13.9. The molecule has 0 N–H and O–H groups in total. The van der Waals surface area contributed by atoms with Gasteiger partial charge in [0, 0.05) is 17.7 Å². The summed E-state index contributed by atoms with van der Waals surface area (Å²) in [4.78, 5) is 26.7. The van der Waals surface area contributed by atoms with E-state index in [2.05, 4.69) is 34.2 Å². The Bertz CT molecular complexity index is 1040. The van der Waals surface area contributed by atoms with Crippen LogP contribution in [0.25, 0.3) is 6.08 Å². The molecule has 0 aromatic heterocycles. The molecule has 0 fully saturated rings. The summed E-state index contributed by atoms with van der Waals surface area (Å²) in [6.07, 6.45) is 3.21. The summed E-state index contributed by atoms with van der Waals surface area (Å²) in [6.45, 7) is 3.96. The number of halogens is 1. The van der Waals surface area contributed by atoms with Crippen LogP contribution >= 0.6 is 22.6 Å². The van der Waals surface area contributed by atoms with Gasteiger partial charge in [-0.05, 0) is 58.5 Å². The second-order valence-corrected chi connectivity index (χ2v) is 6.94. The minimum Gasteiger partial charge on any atom is -0.493 e. The maximum atomic E-state index is 12.2. The van der Waals surface area contributed by atoms with Crippen LogP contribution in [0.4, 0.5) is 5.69 Å². The zero-order valence-corrected chi connectivity index (χ0v) is 17.4. The molecule has 2 aromatic rings. The summed E-state index contributed by atoms with van der Waals surface area (Å²) >= 11 is 2.11. The SMILES string of the molecule is C=CCOc1c(I)cc(/C=C2\N=C(c3ccc([N+](=O)[O-])cc3)OC2=O)cc1OC. The molecular weight excluding hydrogens is 491 g/mol. The third kappa shape index (κ3) is 4.62. The molecule has 9 heteroatoms. The fourth-order valence-corrected chi connectivity index (χ4v) is 3.30. The van der Waals surface area contributed by atoms with Crippen LogP contribution in [0.3, 0.4) is 0 Å². The number of benzene rings is 2. The molecule has 0 spiro atoms. The molecule has 2 aromatic carbocycles. The zero-order chi connectivity index (χ0) is 21.0. The molecule has 0 bridgehead atoms. The van der Waals surface area contributed by atoms with Crippen molar-refractivity contribution in [3.63, 3.8) is 0 Å². The highest BCUT2D eigenvalue weighted by Gasteiger charge is 2.25. The molecule has 0 aliphatic carbocycles. The number of non-ortho nitro benzene ring substituents is 1. The number of aliphatic imine (C=N–C) groups is 1. The van der Waals surface area contributed by atoms with Crippen LogP contribution in [0, 0.1) is 13.7 Å². The van der Waals surface area contributed by atoms with Crippen LogP contribution < -0.4 is 9.47 Å². The van der Waals surface area contributed by atoms with Gasteiger partial charge in [0.2, 0.25) is 5.90 Å². The number of rotatable bonds is 7. The van der Waals surface area contributed by atoms with Gasteiger partial charge in [0.05, 0.1) is 15.6 Å². The maximum absolute atomic E-state index is 12.2. The number of ether oxygens (including phenoxy) is 3. The van der Waals surface area contributed by atoms with E-state index in [4.69, 9.17) is 14.2 Å². The molecule has 0 atom stereocenters. The minimum absolute atomic E-state index is 0.0603. The topological polar surface area (TPSA) is 100 Å². The minimum atomic E-state index is -0.612. The Hall–Kier alpha value is -3.21. The van der Waals surface area contributed by atoms with E-state index in [0.29, 0.717) is 29.2 Å². The van der Waals surface area contributed by atoms with Crippen molar-refractivity contribution >= 4 is 46.2 Å². The number of hydrogen-bond donors (Lipinski definition) is 0. The number of esters is 1. The summed E-state index contributed by atoms with van der Waals surface area (Å²) in [6, 6.07) is 9.14. The quantitative estimate of drug-likeness (QED) is 0.140. The molecule has 1 aliphatic rings. The average Bonchev–Trinajstić information content (AvgIpc) is 3.07. The number of methoxy groups -OCH3 is 1. The van der Waals surface area contributed by atoms with Crippen molar-refractivity contribution in [1.82, 2.24) is 0 Å². The Labute approximate surface area is 179 Å². The maximum Gasteiger partial charge on any atom is 0.363 e. The lowest BCUT2D eigenvalue weighted by molar-refractivity contribution is -0.384. The second-order valence-electron chi connectivity index (χ2n) is 5.77. The number of cyclic esters (lactones) is 1. The molecule has 8 nitrogen and oxygen atoms in total. The molecule has 29 heavy (non-hydrogen) atoms. The predicted octanol–water partition coefficient (Wildman–Crippen LogP) is 4.12. The molecule has 148 valence electrons. The van der Waals surface area contributed by atoms with E-state index in [1.807, 2.05) is 6.07 Å². The first-order valence-electron chi connectivity index (χ1n) is 8.31. The third-order valence-electron chi connectivity index (χ3n) is 3.85. The van der Waals surface area contributed by atoms with Gasteiger partial charge in [0.1, 0.15) is 6.61 Å². The Morgan fingerprint density at radius 1 is 1.31 bits per heavy atom. The van der Waals surface area contributed by atoms with E-state index in [-0.39, 0.29) is 17.3 Å². The summed E-state index contributed by atoms with van der Waals surface area (Å²) in [5, 5.41) is 10.8. The lowest BCUT2D eigenvalue weighted by atomic mass is 10.1. The normalized spacial score (nSPS) is 14.3. The van der Waals surface area contributed by atoms with Crippen molar-refractivity contribution in [1.29, 1.82) is 0 Å². The van der Waals surface area contributed by atoms with Crippen LogP contribution in [-0.4, -0.2) is 30.5 Å². The number of carbonyl (C=O) groups excluding carboxylic acids is 1. The van der Waals surface area contributed by atoms with Crippen molar-refractivity contribution in [2.24, 2.45) is 4.99 Å². The van der Waals surface area contributed by atoms with Gasteiger partial charge in [-0.2, -0.15) is 0 Å². The summed E-state index contributed by atoms with van der Waals surface area (Å²) < 4.78 is 17.0. The fourth-order valence-electron chi connectivity index (χ4n) is 2.52. The first-order valence-corrected chi connectivity index (χ1v) is 9.39. The van der Waals surface area contributed by atoms with Gasteiger partial charge in [0.25, 0.3) is 5.69 Å². The van der Waals surface area contributed by atoms with Crippen LogP contribution in [0.15, 0.2) is 59.7 Å². The molecule has 0 amide bonds. The van der Waals surface area contributed by atoms with E-state index in [1.165, 1.54) is 31.4 Å². The molecule has 0 radical (unpaired) electrons. The standard InChI is InChI=1S/C20H15IN2O6/c1-3-8-28-18-15(21)9-12(11-17(18)27-2)10-16-20(24)29-19(22-16)13-4-6-14(7-5-13)23(25)26/h3-7,9-11H,1,8H2,2H3/b16-10-. The van der Waals surface area contributed by atoms with Gasteiger partial charge in [-0.15, -0.1) is 0 Å². The number of hydrogen-bond acceptors (Lipinski definition) is 7. The summed E-state index contributed by atoms with van der Waals surface area (Å²) in [7, 11) is 1.53. The van der Waals surface area contributed by atoms with Gasteiger partial charge in [-0.3, -0.25) is 10.1 Å². The van der Waals surface area contributed by atoms with Crippen molar-refractivity contribution in [3.8, 4) is 11.5 Å². The Morgan fingerprint density at radius 2 is 2.03 bits per heavy atom. The smallest absolute Gasteiger partial charge is 0.363 e. The number of nitrogens with zero attached hydrogens (tertiary/aromatic N) is 2. The highest BCUT2D eigenvalue weighted by molar-refractivity contribution is 14.1. The van der Waals surface area contributed by atoms with Gasteiger partial charge in [0.15, 0.2) is 17.2 Å². The van der Waals surface area contributed by atoms with E-state index in [1.54, 1.807) is 18.2 Å². The van der Waals surface area contributed by atoms with Gasteiger partial charge < -0.3 is 14.2 Å². The summed E-state index contributed by atoms with van der Waals surface area (Å²) in [5.74, 6) is 0.568. The summed E-state index contributed by atoms with van der Waals surface area (Å²) in [5.41, 5.74) is 1.19. The van der Waals surface area contributed by atoms with Crippen molar-refractivity contribution < 1.29 is 23.9 Å². The third-order valence-corrected chi connectivity index (χ3v) is 4.65. The second kappa shape index (κ2) is 8.86. The van der Waals surface area contributed by atoms with E-state index in [9.17, 15) is 14.9 Å². The van der Waals surface area contributed by atoms with Crippen molar-refractivity contribution in [3.05, 3.63) is 79.6 Å². The highest BCUT2D eigenvalue weighted by Crippen LogP contribution is 2.35. The highest BCUT2D eigenvalue weighted by atomic mass is 127. The molecule has 0 unspecified atom stereocenters. The molecule has 0 saturated carbocycles. The first kappa shape index (κ1) is 20.5. The number of carbonyl (C=O) groups is 1.